The molecule has 3 N–H and O–H groups in total. The van der Waals surface area contributed by atoms with E-state index in [1.54, 1.807) is 0 Å². The molecule has 0 atom stereocenters. The zero-order valence-corrected chi connectivity index (χ0v) is 13.0. The maximum atomic E-state index is 13.0. The van der Waals surface area contributed by atoms with Crippen LogP contribution in [0.5, 0.6) is 0 Å². The highest BCUT2D eigenvalue weighted by atomic mass is 19.4. The van der Waals surface area contributed by atoms with Gasteiger partial charge in [0.25, 0.3) is 5.91 Å². The van der Waals surface area contributed by atoms with Gasteiger partial charge in [0, 0.05) is 45.0 Å². The van der Waals surface area contributed by atoms with E-state index < -0.39 is 23.2 Å². The van der Waals surface area contributed by atoms with E-state index in [9.17, 15) is 18.0 Å². The number of carbonyl (C=O) groups excluding carboxylic acids is 1. The second-order valence-corrected chi connectivity index (χ2v) is 5.70. The fourth-order valence-electron chi connectivity index (χ4n) is 2.49. The lowest BCUT2D eigenvalue weighted by molar-refractivity contribution is -0.137. The van der Waals surface area contributed by atoms with E-state index in [0.29, 0.717) is 13.1 Å². The molecule has 2 rings (SSSR count). The van der Waals surface area contributed by atoms with Crippen LogP contribution in [0, 0.1) is 0 Å². The predicted molar refractivity (Wildman–Crippen MR) is 82.1 cm³/mol. The van der Waals surface area contributed by atoms with Crippen molar-refractivity contribution in [1.29, 1.82) is 0 Å². The number of carbonyl (C=O) groups is 1. The maximum absolute atomic E-state index is 13.0. The first kappa shape index (κ1) is 17.6. The van der Waals surface area contributed by atoms with Gasteiger partial charge in [0.1, 0.15) is 0 Å². The molecule has 1 saturated heterocycles. The first-order chi connectivity index (χ1) is 10.8. The van der Waals surface area contributed by atoms with Gasteiger partial charge in [-0.25, -0.2) is 0 Å². The molecule has 0 radical (unpaired) electrons. The SMILES string of the molecule is CN1CCN(CCNC(=O)c2ccc(N)cc2C(F)(F)F)CC1. The zero-order valence-electron chi connectivity index (χ0n) is 13.0. The number of hydrogen-bond donors (Lipinski definition) is 2. The molecule has 1 aliphatic heterocycles. The number of anilines is 1. The van der Waals surface area contributed by atoms with Gasteiger partial charge in [-0.1, -0.05) is 0 Å². The fourth-order valence-corrected chi connectivity index (χ4v) is 2.49. The fraction of sp³-hybridized carbons (Fsp3) is 0.533. The van der Waals surface area contributed by atoms with E-state index in [-0.39, 0.29) is 5.69 Å². The number of nitrogen functional groups attached to an aromatic ring is 1. The summed E-state index contributed by atoms with van der Waals surface area (Å²) in [5, 5.41) is 2.55. The average Bonchev–Trinajstić information content (AvgIpc) is 2.48. The summed E-state index contributed by atoms with van der Waals surface area (Å²) < 4.78 is 39.0. The summed E-state index contributed by atoms with van der Waals surface area (Å²) in [6.07, 6.45) is -4.61. The Morgan fingerprint density at radius 1 is 1.26 bits per heavy atom. The number of piperazine rings is 1. The Hall–Kier alpha value is -1.80. The van der Waals surface area contributed by atoms with Crippen LogP contribution in [-0.2, 0) is 6.18 Å². The third kappa shape index (κ3) is 4.84. The molecule has 1 heterocycles. The molecule has 5 nitrogen and oxygen atoms in total. The monoisotopic (exact) mass is 330 g/mol. The highest BCUT2D eigenvalue weighted by molar-refractivity contribution is 5.96. The second-order valence-electron chi connectivity index (χ2n) is 5.70. The summed E-state index contributed by atoms with van der Waals surface area (Å²) in [6, 6.07) is 3.20. The van der Waals surface area contributed by atoms with Crippen LogP contribution in [0.25, 0.3) is 0 Å². The van der Waals surface area contributed by atoms with E-state index in [1.807, 2.05) is 7.05 Å². The molecular weight excluding hydrogens is 309 g/mol. The molecule has 0 aliphatic carbocycles. The summed E-state index contributed by atoms with van der Waals surface area (Å²) in [5.74, 6) is -0.730. The average molecular weight is 330 g/mol. The number of nitrogens with zero attached hydrogens (tertiary/aromatic N) is 2. The van der Waals surface area contributed by atoms with Crippen molar-refractivity contribution in [1.82, 2.24) is 15.1 Å². The van der Waals surface area contributed by atoms with Crippen LogP contribution in [-0.4, -0.2) is 62.0 Å². The first-order valence-electron chi connectivity index (χ1n) is 7.43. The molecule has 8 heteroatoms. The van der Waals surface area contributed by atoms with Gasteiger partial charge < -0.3 is 16.0 Å². The van der Waals surface area contributed by atoms with Crippen LogP contribution in [0.4, 0.5) is 18.9 Å². The largest absolute Gasteiger partial charge is 0.417 e. The molecule has 0 saturated carbocycles. The van der Waals surface area contributed by atoms with Gasteiger partial charge in [0.2, 0.25) is 0 Å². The van der Waals surface area contributed by atoms with Crippen LogP contribution in [0.2, 0.25) is 0 Å². The molecule has 0 unspecified atom stereocenters. The maximum Gasteiger partial charge on any atom is 0.417 e. The number of nitrogens with two attached hydrogens (primary N) is 1. The van der Waals surface area contributed by atoms with Crippen molar-refractivity contribution in [3.05, 3.63) is 29.3 Å². The molecule has 1 fully saturated rings. The van der Waals surface area contributed by atoms with Gasteiger partial charge in [-0.3, -0.25) is 9.69 Å². The Morgan fingerprint density at radius 3 is 2.52 bits per heavy atom. The number of nitrogens with one attached hydrogen (secondary N) is 1. The van der Waals surface area contributed by atoms with Crippen LogP contribution in [0.1, 0.15) is 15.9 Å². The van der Waals surface area contributed by atoms with Gasteiger partial charge in [-0.05, 0) is 25.2 Å². The Bertz CT molecular complexity index is 554. The van der Waals surface area contributed by atoms with Gasteiger partial charge >= 0.3 is 6.18 Å². The van der Waals surface area contributed by atoms with Crippen molar-refractivity contribution in [2.45, 2.75) is 6.18 Å². The third-order valence-corrected chi connectivity index (χ3v) is 3.90. The van der Waals surface area contributed by atoms with E-state index >= 15 is 0 Å². The normalized spacial score (nSPS) is 17.2. The van der Waals surface area contributed by atoms with Crippen LogP contribution in [0.3, 0.4) is 0 Å². The lowest BCUT2D eigenvalue weighted by Gasteiger charge is -2.32. The quantitative estimate of drug-likeness (QED) is 0.816. The van der Waals surface area contributed by atoms with Gasteiger partial charge in [-0.2, -0.15) is 13.2 Å². The Kier molecular flexibility index (Phi) is 5.48. The lowest BCUT2D eigenvalue weighted by atomic mass is 10.1. The minimum absolute atomic E-state index is 0.0219. The Balaban J connectivity index is 1.93. The van der Waals surface area contributed by atoms with Crippen molar-refractivity contribution in [3.63, 3.8) is 0 Å². The van der Waals surface area contributed by atoms with E-state index in [0.717, 1.165) is 38.3 Å². The Labute approximate surface area is 133 Å². The number of alkyl halides is 3. The summed E-state index contributed by atoms with van der Waals surface area (Å²) in [6.45, 7) is 4.61. The standard InChI is InChI=1S/C15H21F3N4O/c1-21-6-8-22(9-7-21)5-4-20-14(23)12-3-2-11(19)10-13(12)15(16,17)18/h2-3,10H,4-9,19H2,1H3,(H,20,23). The first-order valence-corrected chi connectivity index (χ1v) is 7.43. The molecule has 1 amide bonds. The van der Waals surface area contributed by atoms with Crippen molar-refractivity contribution in [3.8, 4) is 0 Å². The van der Waals surface area contributed by atoms with Gasteiger partial charge in [0.15, 0.2) is 0 Å². The van der Waals surface area contributed by atoms with Crippen LogP contribution < -0.4 is 11.1 Å². The van der Waals surface area contributed by atoms with Gasteiger partial charge in [-0.15, -0.1) is 0 Å². The molecule has 0 spiro atoms. The number of halogens is 3. The van der Waals surface area contributed by atoms with E-state index in [1.165, 1.54) is 6.07 Å². The summed E-state index contributed by atoms with van der Waals surface area (Å²) in [7, 11) is 2.04. The van der Waals surface area contributed by atoms with Crippen molar-refractivity contribution in [2.75, 3.05) is 52.0 Å². The van der Waals surface area contributed by atoms with Crippen LogP contribution >= 0.6 is 0 Å². The number of benzene rings is 1. The number of hydrogen-bond acceptors (Lipinski definition) is 4. The number of amides is 1. The molecule has 0 aromatic heterocycles. The molecular formula is C15H21F3N4O. The number of likely N-dealkylation sites (N-methyl/N-ethyl adjacent to an activating group) is 1. The van der Waals surface area contributed by atoms with E-state index in [2.05, 4.69) is 15.1 Å². The summed E-state index contributed by atoms with van der Waals surface area (Å²) in [5.41, 5.74) is 3.97. The second kappa shape index (κ2) is 7.18. The number of rotatable bonds is 4. The minimum atomic E-state index is -4.61. The lowest BCUT2D eigenvalue weighted by Crippen LogP contribution is -2.47. The molecule has 1 aromatic rings. The van der Waals surface area contributed by atoms with Crippen molar-refractivity contribution in [2.24, 2.45) is 0 Å². The van der Waals surface area contributed by atoms with Crippen LogP contribution in [0.15, 0.2) is 18.2 Å². The third-order valence-electron chi connectivity index (χ3n) is 3.90. The molecule has 1 aromatic carbocycles. The topological polar surface area (TPSA) is 61.6 Å². The zero-order chi connectivity index (χ0) is 17.0. The van der Waals surface area contributed by atoms with Crippen molar-refractivity contribution >= 4 is 11.6 Å². The molecule has 0 bridgehead atoms. The summed E-state index contributed by atoms with van der Waals surface area (Å²) >= 11 is 0. The highest BCUT2D eigenvalue weighted by Gasteiger charge is 2.35. The molecule has 1 aliphatic rings. The molecule has 23 heavy (non-hydrogen) atoms. The van der Waals surface area contributed by atoms with E-state index in [4.69, 9.17) is 5.73 Å². The van der Waals surface area contributed by atoms with Gasteiger partial charge in [0.05, 0.1) is 11.1 Å². The Morgan fingerprint density at radius 2 is 1.91 bits per heavy atom. The predicted octanol–water partition coefficient (Wildman–Crippen LogP) is 1.26. The smallest absolute Gasteiger partial charge is 0.399 e. The minimum Gasteiger partial charge on any atom is -0.399 e. The van der Waals surface area contributed by atoms with Crippen molar-refractivity contribution < 1.29 is 18.0 Å². The highest BCUT2D eigenvalue weighted by Crippen LogP contribution is 2.33. The summed E-state index contributed by atoms with van der Waals surface area (Å²) in [4.78, 5) is 16.4. The molecule has 128 valence electrons.